The first kappa shape index (κ1) is 20.0. The lowest BCUT2D eigenvalue weighted by Crippen LogP contribution is -2.46. The Morgan fingerprint density at radius 3 is 2.41 bits per heavy atom. The van der Waals surface area contributed by atoms with Crippen LogP contribution in [0.3, 0.4) is 0 Å². The Morgan fingerprint density at radius 2 is 1.86 bits per heavy atom. The predicted molar refractivity (Wildman–Crippen MR) is 106 cm³/mol. The van der Waals surface area contributed by atoms with Gasteiger partial charge >= 0.3 is 0 Å². The Labute approximate surface area is 154 Å². The van der Waals surface area contributed by atoms with Gasteiger partial charge in [0.05, 0.1) is 0 Å². The molecule has 0 atom stereocenters. The van der Waals surface area contributed by atoms with E-state index in [-0.39, 0.29) is 29.4 Å². The zero-order valence-electron chi connectivity index (χ0n) is 15.1. The molecular weight excluding hydrogens is 387 g/mol. The van der Waals surface area contributed by atoms with Gasteiger partial charge in [0.2, 0.25) is 0 Å². The van der Waals surface area contributed by atoms with Crippen molar-refractivity contribution in [3.05, 3.63) is 0 Å². The van der Waals surface area contributed by atoms with Crippen molar-refractivity contribution < 1.29 is 0 Å². The first-order valence-electron chi connectivity index (χ1n) is 8.46. The SMILES string of the molecule is CN=C(NCC(C)(C)CN(C)C)N1CCC2(CCCC2)C1.I. The van der Waals surface area contributed by atoms with Crippen LogP contribution in [0.5, 0.6) is 0 Å². The summed E-state index contributed by atoms with van der Waals surface area (Å²) in [6.45, 7) is 9.07. The van der Waals surface area contributed by atoms with E-state index in [4.69, 9.17) is 0 Å². The predicted octanol–water partition coefficient (Wildman–Crippen LogP) is 3.03. The smallest absolute Gasteiger partial charge is 0.193 e. The Hall–Kier alpha value is -0.0400. The lowest BCUT2D eigenvalue weighted by atomic mass is 9.86. The molecule has 130 valence electrons. The average Bonchev–Trinajstić information content (AvgIpc) is 3.00. The van der Waals surface area contributed by atoms with Gasteiger partial charge in [0.15, 0.2) is 5.96 Å². The molecule has 1 spiro atoms. The third kappa shape index (κ3) is 5.25. The van der Waals surface area contributed by atoms with Crippen LogP contribution in [0, 0.1) is 10.8 Å². The van der Waals surface area contributed by atoms with E-state index in [1.807, 2.05) is 7.05 Å². The van der Waals surface area contributed by atoms with Crippen LogP contribution >= 0.6 is 24.0 Å². The largest absolute Gasteiger partial charge is 0.356 e. The number of nitrogens with one attached hydrogen (secondary N) is 1. The number of nitrogens with zero attached hydrogens (tertiary/aromatic N) is 3. The molecule has 1 heterocycles. The van der Waals surface area contributed by atoms with Crippen molar-refractivity contribution in [3.8, 4) is 0 Å². The highest BCUT2D eigenvalue weighted by molar-refractivity contribution is 14.0. The van der Waals surface area contributed by atoms with Crippen LogP contribution in [0.2, 0.25) is 0 Å². The van der Waals surface area contributed by atoms with Crippen molar-refractivity contribution in [2.24, 2.45) is 15.8 Å². The summed E-state index contributed by atoms with van der Waals surface area (Å²) < 4.78 is 0. The van der Waals surface area contributed by atoms with Gasteiger partial charge in [-0.15, -0.1) is 24.0 Å². The van der Waals surface area contributed by atoms with E-state index >= 15 is 0 Å². The van der Waals surface area contributed by atoms with Crippen molar-refractivity contribution in [1.82, 2.24) is 15.1 Å². The minimum atomic E-state index is 0. The Balaban J connectivity index is 0.00000242. The first-order chi connectivity index (χ1) is 9.86. The molecule has 1 N–H and O–H groups in total. The number of hydrogen-bond donors (Lipinski definition) is 1. The van der Waals surface area contributed by atoms with E-state index in [1.165, 1.54) is 45.2 Å². The molecule has 1 aliphatic carbocycles. The van der Waals surface area contributed by atoms with E-state index in [0.717, 1.165) is 19.0 Å². The summed E-state index contributed by atoms with van der Waals surface area (Å²) in [5, 5.41) is 3.61. The van der Waals surface area contributed by atoms with Crippen molar-refractivity contribution in [2.75, 3.05) is 47.3 Å². The molecule has 0 amide bonds. The summed E-state index contributed by atoms with van der Waals surface area (Å²) in [6, 6.07) is 0. The van der Waals surface area contributed by atoms with Crippen LogP contribution in [-0.2, 0) is 0 Å². The van der Waals surface area contributed by atoms with Gasteiger partial charge in [-0.1, -0.05) is 26.7 Å². The Bertz CT molecular complexity index is 373. The average molecular weight is 422 g/mol. The third-order valence-corrected chi connectivity index (χ3v) is 5.08. The van der Waals surface area contributed by atoms with Crippen LogP contribution in [0.15, 0.2) is 4.99 Å². The molecule has 1 saturated carbocycles. The monoisotopic (exact) mass is 422 g/mol. The highest BCUT2D eigenvalue weighted by Gasteiger charge is 2.41. The first-order valence-corrected chi connectivity index (χ1v) is 8.46. The summed E-state index contributed by atoms with van der Waals surface area (Å²) in [6.07, 6.45) is 7.06. The van der Waals surface area contributed by atoms with E-state index in [2.05, 4.69) is 48.1 Å². The van der Waals surface area contributed by atoms with Gasteiger partial charge in [-0.2, -0.15) is 0 Å². The molecule has 0 aromatic heterocycles. The van der Waals surface area contributed by atoms with Gasteiger partial charge in [0, 0.05) is 33.2 Å². The molecule has 5 heteroatoms. The molecular formula is C17H35IN4. The molecule has 0 unspecified atom stereocenters. The van der Waals surface area contributed by atoms with E-state index in [9.17, 15) is 0 Å². The van der Waals surface area contributed by atoms with Gasteiger partial charge in [-0.3, -0.25) is 4.99 Å². The number of rotatable bonds is 4. The molecule has 2 rings (SSSR count). The second-order valence-electron chi connectivity index (χ2n) is 8.18. The number of guanidine groups is 1. The van der Waals surface area contributed by atoms with E-state index in [0.29, 0.717) is 5.41 Å². The normalized spacial score (nSPS) is 21.5. The van der Waals surface area contributed by atoms with Crippen LogP contribution in [0.1, 0.15) is 46.0 Å². The van der Waals surface area contributed by atoms with Crippen molar-refractivity contribution in [2.45, 2.75) is 46.0 Å². The number of likely N-dealkylation sites (tertiary alicyclic amines) is 1. The molecule has 0 aromatic carbocycles. The topological polar surface area (TPSA) is 30.9 Å². The summed E-state index contributed by atoms with van der Waals surface area (Å²) in [5.74, 6) is 1.10. The van der Waals surface area contributed by atoms with Crippen molar-refractivity contribution in [3.63, 3.8) is 0 Å². The fourth-order valence-corrected chi connectivity index (χ4v) is 4.21. The van der Waals surface area contributed by atoms with Crippen LogP contribution in [0.4, 0.5) is 0 Å². The molecule has 2 aliphatic rings. The Kier molecular flexibility index (Phi) is 7.43. The van der Waals surface area contributed by atoms with Crippen molar-refractivity contribution >= 4 is 29.9 Å². The lowest BCUT2D eigenvalue weighted by molar-refractivity contribution is 0.238. The van der Waals surface area contributed by atoms with Crippen LogP contribution in [0.25, 0.3) is 0 Å². The summed E-state index contributed by atoms with van der Waals surface area (Å²) >= 11 is 0. The maximum atomic E-state index is 4.52. The third-order valence-electron chi connectivity index (χ3n) is 5.08. The van der Waals surface area contributed by atoms with Gasteiger partial charge in [0.1, 0.15) is 0 Å². The quantitative estimate of drug-likeness (QED) is 0.429. The second-order valence-corrected chi connectivity index (χ2v) is 8.18. The minimum Gasteiger partial charge on any atom is -0.356 e. The van der Waals surface area contributed by atoms with Gasteiger partial charge in [-0.25, -0.2) is 0 Å². The number of hydrogen-bond acceptors (Lipinski definition) is 2. The highest BCUT2D eigenvalue weighted by atomic mass is 127. The second kappa shape index (κ2) is 8.18. The molecule has 0 radical (unpaired) electrons. The van der Waals surface area contributed by atoms with E-state index < -0.39 is 0 Å². The molecule has 2 fully saturated rings. The lowest BCUT2D eigenvalue weighted by Gasteiger charge is -2.31. The number of halogens is 1. The van der Waals surface area contributed by atoms with Gasteiger partial charge < -0.3 is 15.1 Å². The van der Waals surface area contributed by atoms with Gasteiger partial charge in [-0.05, 0) is 44.2 Å². The molecule has 4 nitrogen and oxygen atoms in total. The molecule has 0 bridgehead atoms. The fraction of sp³-hybridized carbons (Fsp3) is 0.941. The summed E-state index contributed by atoms with van der Waals surface area (Å²) in [4.78, 5) is 9.27. The Morgan fingerprint density at radius 1 is 1.23 bits per heavy atom. The summed E-state index contributed by atoms with van der Waals surface area (Å²) in [5.41, 5.74) is 0.862. The fourth-order valence-electron chi connectivity index (χ4n) is 4.21. The maximum absolute atomic E-state index is 4.52. The van der Waals surface area contributed by atoms with Gasteiger partial charge in [0.25, 0.3) is 0 Å². The van der Waals surface area contributed by atoms with E-state index in [1.54, 1.807) is 0 Å². The summed E-state index contributed by atoms with van der Waals surface area (Å²) in [7, 11) is 6.20. The molecule has 22 heavy (non-hydrogen) atoms. The highest BCUT2D eigenvalue weighted by Crippen LogP contribution is 2.45. The number of aliphatic imine (C=N–C) groups is 1. The van der Waals surface area contributed by atoms with Crippen LogP contribution in [-0.4, -0.2) is 63.1 Å². The molecule has 1 saturated heterocycles. The van der Waals surface area contributed by atoms with Crippen LogP contribution < -0.4 is 5.32 Å². The standard InChI is InChI=1S/C17H34N4.HI/c1-16(2,13-20(4)5)12-19-15(18-3)21-11-10-17(14-21)8-6-7-9-17;/h6-14H2,1-5H3,(H,18,19);1H. The zero-order valence-corrected chi connectivity index (χ0v) is 17.4. The minimum absolute atomic E-state index is 0. The maximum Gasteiger partial charge on any atom is 0.193 e. The van der Waals surface area contributed by atoms with Crippen molar-refractivity contribution in [1.29, 1.82) is 0 Å². The molecule has 1 aliphatic heterocycles. The molecule has 0 aromatic rings. The zero-order chi connectivity index (χ0) is 15.5.